The highest BCUT2D eigenvalue weighted by molar-refractivity contribution is 5.60. The number of imidazole rings is 2. The first kappa shape index (κ1) is 32.3. The minimum absolute atomic E-state index is 0.117. The molecule has 0 radical (unpaired) electrons. The highest BCUT2D eigenvalue weighted by Crippen LogP contribution is 2.26. The van der Waals surface area contributed by atoms with Crippen molar-refractivity contribution in [1.29, 1.82) is 0 Å². The molecule has 0 saturated carbocycles. The van der Waals surface area contributed by atoms with Gasteiger partial charge in [0.05, 0.1) is 0 Å². The standard InChI is InChI=1S/C30H38N4.2C2H4O2/c1-29(2,3)27-13-23-11-24(14-27)18-32-8-10-34(22-32)20-26-12-25(15-28(16-26)30(4,5)6)19-33-9-7-31(17-23)21-33;2*1-2(3)4/h7-16,21-22H,17-20H2,1-6H3;2*1H3,(H,3,4)/q+2;;/p-2. The molecule has 2 aromatic carbocycles. The summed E-state index contributed by atoms with van der Waals surface area (Å²) in [6.45, 7) is 19.3. The lowest BCUT2D eigenvalue weighted by molar-refractivity contribution is -0.688. The Labute approximate surface area is 249 Å². The number of nitrogens with zero attached hydrogens (tertiary/aromatic N) is 4. The van der Waals surface area contributed by atoms with Crippen LogP contribution in [-0.4, -0.2) is 21.1 Å². The molecule has 3 heterocycles. The average Bonchev–Trinajstić information content (AvgIpc) is 3.45. The molecular weight excluding hydrogens is 528 g/mol. The molecule has 0 spiro atoms. The number of carboxylic acid groups (broad SMARTS) is 2. The zero-order valence-electron chi connectivity index (χ0n) is 26.2. The highest BCUT2D eigenvalue weighted by Gasteiger charge is 2.20. The maximum absolute atomic E-state index is 8.89. The Kier molecular flexibility index (Phi) is 10.1. The predicted molar refractivity (Wildman–Crippen MR) is 157 cm³/mol. The number of hydrogen-bond donors (Lipinski definition) is 0. The smallest absolute Gasteiger partial charge is 0.244 e. The zero-order chi connectivity index (χ0) is 31.2. The molecular formula is C34H44N4O4. The number of aliphatic carboxylic acids is 2. The van der Waals surface area contributed by atoms with Crippen LogP contribution in [0.15, 0.2) is 73.8 Å². The van der Waals surface area contributed by atoms with E-state index in [2.05, 4.69) is 134 Å². The van der Waals surface area contributed by atoms with Gasteiger partial charge in [-0.1, -0.05) is 65.8 Å². The Bertz CT molecular complexity index is 1330. The number of hydrogen-bond acceptors (Lipinski definition) is 4. The van der Waals surface area contributed by atoms with E-state index in [1.807, 2.05) is 0 Å². The third kappa shape index (κ3) is 10.0. The van der Waals surface area contributed by atoms with Crippen LogP contribution in [0, 0.1) is 0 Å². The van der Waals surface area contributed by atoms with Crippen LogP contribution in [-0.2, 0) is 46.6 Å². The summed E-state index contributed by atoms with van der Waals surface area (Å²) in [7, 11) is 0. The van der Waals surface area contributed by atoms with Crippen molar-refractivity contribution < 1.29 is 28.9 Å². The summed E-state index contributed by atoms with van der Waals surface area (Å²) in [6, 6.07) is 14.3. The molecule has 0 amide bonds. The summed E-state index contributed by atoms with van der Waals surface area (Å²) in [5.41, 5.74) is 8.45. The van der Waals surface area contributed by atoms with E-state index in [0.29, 0.717) is 0 Å². The molecule has 4 aromatic rings. The van der Waals surface area contributed by atoms with E-state index in [0.717, 1.165) is 40.0 Å². The van der Waals surface area contributed by atoms with Crippen LogP contribution in [0.3, 0.4) is 0 Å². The molecule has 224 valence electrons. The largest absolute Gasteiger partial charge is 0.550 e. The van der Waals surface area contributed by atoms with Crippen molar-refractivity contribution in [3.63, 3.8) is 0 Å². The van der Waals surface area contributed by atoms with Crippen molar-refractivity contribution in [3.05, 3.63) is 107 Å². The predicted octanol–water partition coefficient (Wildman–Crippen LogP) is 2.48. The first-order chi connectivity index (χ1) is 19.5. The summed E-state index contributed by atoms with van der Waals surface area (Å²) in [6.07, 6.45) is 13.3. The molecule has 1 aliphatic heterocycles. The van der Waals surface area contributed by atoms with Gasteiger partial charge in [-0.25, -0.2) is 18.3 Å². The Hall–Kier alpha value is -4.20. The van der Waals surface area contributed by atoms with Gasteiger partial charge in [-0.3, -0.25) is 0 Å². The van der Waals surface area contributed by atoms with Gasteiger partial charge in [0.1, 0.15) is 51.0 Å². The lowest BCUT2D eigenvalue weighted by Gasteiger charge is -2.21. The fraction of sp³-hybridized carbons (Fsp3) is 0.412. The minimum atomic E-state index is -1.08. The SMILES string of the molecule is CC(=O)[O-].CC(=O)[O-].CC(C)(C)c1cc2cc(c1)Cn1cc[n+](c1)Cc1cc(cc(C(C)(C)C)c1)C[n+]1ccn(c1)C2. The van der Waals surface area contributed by atoms with Gasteiger partial charge in [-0.2, -0.15) is 0 Å². The Morgan fingerprint density at radius 3 is 1.26 bits per heavy atom. The van der Waals surface area contributed by atoms with Crippen molar-refractivity contribution >= 4 is 11.9 Å². The number of rotatable bonds is 0. The second kappa shape index (κ2) is 13.2. The van der Waals surface area contributed by atoms with Crippen LogP contribution in [0.5, 0.6) is 0 Å². The van der Waals surface area contributed by atoms with Gasteiger partial charge in [0.2, 0.25) is 12.7 Å². The Morgan fingerprint density at radius 1 is 0.619 bits per heavy atom. The van der Waals surface area contributed by atoms with Crippen molar-refractivity contribution in [2.45, 2.75) is 92.4 Å². The summed E-state index contributed by atoms with van der Waals surface area (Å²) in [5, 5.41) is 17.8. The van der Waals surface area contributed by atoms with Gasteiger partial charge in [0.25, 0.3) is 0 Å². The number of benzene rings is 2. The van der Waals surface area contributed by atoms with E-state index < -0.39 is 11.9 Å². The molecule has 42 heavy (non-hydrogen) atoms. The minimum Gasteiger partial charge on any atom is -0.550 e. The van der Waals surface area contributed by atoms with Crippen LogP contribution in [0.25, 0.3) is 0 Å². The lowest BCUT2D eigenvalue weighted by atomic mass is 9.85. The topological polar surface area (TPSA) is 97.9 Å². The van der Waals surface area contributed by atoms with Gasteiger partial charge in [-0.05, 0) is 70.2 Å². The fourth-order valence-corrected chi connectivity index (χ4v) is 4.85. The summed E-state index contributed by atoms with van der Waals surface area (Å²) < 4.78 is 9.20. The van der Waals surface area contributed by atoms with Gasteiger partial charge in [0, 0.05) is 11.9 Å². The van der Waals surface area contributed by atoms with Gasteiger partial charge in [-0.15, -0.1) is 0 Å². The zero-order valence-corrected chi connectivity index (χ0v) is 26.2. The van der Waals surface area contributed by atoms with E-state index in [4.69, 9.17) is 19.8 Å². The fourth-order valence-electron chi connectivity index (χ4n) is 4.85. The van der Waals surface area contributed by atoms with Crippen LogP contribution in [0.2, 0.25) is 0 Å². The van der Waals surface area contributed by atoms with Gasteiger partial charge >= 0.3 is 0 Å². The molecule has 0 unspecified atom stereocenters. The quantitative estimate of drug-likeness (QED) is 0.266. The Morgan fingerprint density at radius 2 is 0.929 bits per heavy atom. The number of fused-ring (bicyclic) bond motifs is 8. The molecule has 0 aliphatic carbocycles. The number of carbonyl (C=O) groups excluding carboxylic acids is 2. The van der Waals surface area contributed by atoms with E-state index in [1.165, 1.54) is 33.4 Å². The van der Waals surface area contributed by atoms with E-state index in [-0.39, 0.29) is 10.8 Å². The number of carboxylic acids is 2. The molecule has 0 saturated heterocycles. The molecule has 1 aliphatic rings. The number of aromatic nitrogens is 4. The molecule has 8 nitrogen and oxygen atoms in total. The highest BCUT2D eigenvalue weighted by atomic mass is 16.4. The molecule has 0 fully saturated rings. The van der Waals surface area contributed by atoms with Crippen LogP contribution in [0.1, 0.15) is 88.8 Å². The van der Waals surface area contributed by atoms with Crippen molar-refractivity contribution in [1.82, 2.24) is 9.13 Å². The molecule has 2 aromatic heterocycles. The van der Waals surface area contributed by atoms with Crippen LogP contribution >= 0.6 is 0 Å². The third-order valence-electron chi connectivity index (χ3n) is 6.79. The average molecular weight is 573 g/mol. The Balaban J connectivity index is 0.000000540. The second-order valence-corrected chi connectivity index (χ2v) is 13.1. The molecule has 5 rings (SSSR count). The van der Waals surface area contributed by atoms with E-state index >= 15 is 0 Å². The summed E-state index contributed by atoms with van der Waals surface area (Å²) >= 11 is 0. The van der Waals surface area contributed by atoms with Crippen molar-refractivity contribution in [3.8, 4) is 0 Å². The molecule has 0 N–H and O–H groups in total. The molecule has 8 heteroatoms. The normalized spacial score (nSPS) is 12.8. The first-order valence-electron chi connectivity index (χ1n) is 14.2. The van der Waals surface area contributed by atoms with E-state index in [9.17, 15) is 0 Å². The monoisotopic (exact) mass is 572 g/mol. The van der Waals surface area contributed by atoms with Crippen molar-refractivity contribution in [2.75, 3.05) is 0 Å². The van der Waals surface area contributed by atoms with Crippen LogP contribution < -0.4 is 19.3 Å². The first-order valence-corrected chi connectivity index (χ1v) is 14.2. The number of carbonyl (C=O) groups is 2. The second-order valence-electron chi connectivity index (χ2n) is 13.1. The summed E-state index contributed by atoms with van der Waals surface area (Å²) in [4.78, 5) is 17.8. The maximum atomic E-state index is 8.89. The molecule has 8 bridgehead atoms. The van der Waals surface area contributed by atoms with Crippen LogP contribution in [0.4, 0.5) is 0 Å². The van der Waals surface area contributed by atoms with E-state index in [1.54, 1.807) is 0 Å². The lowest BCUT2D eigenvalue weighted by Crippen LogP contribution is -2.33. The summed E-state index contributed by atoms with van der Waals surface area (Å²) in [5.74, 6) is -2.17. The van der Waals surface area contributed by atoms with Crippen molar-refractivity contribution in [2.24, 2.45) is 0 Å². The van der Waals surface area contributed by atoms with Gasteiger partial charge in [0.15, 0.2) is 0 Å². The van der Waals surface area contributed by atoms with Gasteiger partial charge < -0.3 is 19.8 Å². The maximum Gasteiger partial charge on any atom is 0.244 e. The molecule has 0 atom stereocenters. The third-order valence-corrected chi connectivity index (χ3v) is 6.79.